The number of aryl methyl sites for hydroxylation is 1. The molecule has 3 rings (SSSR count). The van der Waals surface area contributed by atoms with Gasteiger partial charge >= 0.3 is 19.4 Å². The molecule has 0 unspecified atom stereocenters. The van der Waals surface area contributed by atoms with E-state index in [-0.39, 0.29) is 19.6 Å². The molecule has 3 aromatic carbocycles. The molecule has 40 heavy (non-hydrogen) atoms. The number of rotatable bonds is 13. The molecule has 0 bridgehead atoms. The molecule has 0 aromatic heterocycles. The number of alkyl carbamates (subject to hydrolysis) is 1. The standard InChI is InChI=1S/C28H31F2N2O7P/c1-20-8-14-24(15-9-20)38-17-5-16-31-26(33)25(32-27(34)39-19-22-6-3-2-4-7-22)18-21-10-12-23(13-11-21)28(29,30)40(35,36)37/h2-4,6-15,25H,5,16-19H2,1H3,(H,31,33)(H,32,34)(H2,35,36,37)/t25-/m0/s1. The van der Waals surface area contributed by atoms with Crippen molar-refractivity contribution in [3.63, 3.8) is 0 Å². The number of benzene rings is 3. The van der Waals surface area contributed by atoms with E-state index in [1.807, 2.05) is 37.3 Å². The smallest absolute Gasteiger partial charge is 0.408 e. The number of carbonyl (C=O) groups excluding carboxylic acids is 2. The number of hydrogen-bond acceptors (Lipinski definition) is 5. The Hall–Kier alpha value is -3.79. The van der Waals surface area contributed by atoms with E-state index in [1.54, 1.807) is 24.3 Å². The van der Waals surface area contributed by atoms with E-state index in [1.165, 1.54) is 12.1 Å². The van der Waals surface area contributed by atoms with E-state index < -0.39 is 36.9 Å². The summed E-state index contributed by atoms with van der Waals surface area (Å²) in [6, 6.07) is 19.5. The summed E-state index contributed by atoms with van der Waals surface area (Å²) in [7, 11) is -5.72. The van der Waals surface area contributed by atoms with E-state index in [9.17, 15) is 22.9 Å². The maximum Gasteiger partial charge on any atom is 0.408 e. The van der Waals surface area contributed by atoms with Crippen LogP contribution in [0.3, 0.4) is 0 Å². The predicted octanol–water partition coefficient (Wildman–Crippen LogP) is 4.64. The lowest BCUT2D eigenvalue weighted by molar-refractivity contribution is -0.123. The Morgan fingerprint density at radius 2 is 1.60 bits per heavy atom. The molecule has 0 saturated heterocycles. The fourth-order valence-electron chi connectivity index (χ4n) is 3.59. The monoisotopic (exact) mass is 576 g/mol. The van der Waals surface area contributed by atoms with E-state index >= 15 is 0 Å². The van der Waals surface area contributed by atoms with Crippen LogP contribution in [0.2, 0.25) is 0 Å². The van der Waals surface area contributed by atoms with Crippen LogP contribution in [0, 0.1) is 6.92 Å². The third kappa shape index (κ3) is 9.15. The molecular formula is C28H31F2N2O7P. The van der Waals surface area contributed by atoms with Crippen LogP contribution >= 0.6 is 7.60 Å². The van der Waals surface area contributed by atoms with Crippen LogP contribution in [0.5, 0.6) is 5.75 Å². The molecule has 9 nitrogen and oxygen atoms in total. The summed E-state index contributed by atoms with van der Waals surface area (Å²) in [5.74, 6) is 0.169. The SMILES string of the molecule is Cc1ccc(OCCCNC(=O)[C@H](Cc2ccc(C(F)(F)P(=O)(O)O)cc2)NC(=O)OCc2ccccc2)cc1. The first-order valence-electron chi connectivity index (χ1n) is 12.4. The number of alkyl halides is 2. The summed E-state index contributed by atoms with van der Waals surface area (Å²) in [4.78, 5) is 43.3. The van der Waals surface area contributed by atoms with Crippen LogP contribution in [0.15, 0.2) is 78.9 Å². The van der Waals surface area contributed by atoms with E-state index in [4.69, 9.17) is 19.3 Å². The van der Waals surface area contributed by atoms with Gasteiger partial charge in [0.1, 0.15) is 18.4 Å². The predicted molar refractivity (Wildman–Crippen MR) is 144 cm³/mol. The van der Waals surface area contributed by atoms with E-state index in [0.717, 1.165) is 23.3 Å². The highest BCUT2D eigenvalue weighted by atomic mass is 31.2. The van der Waals surface area contributed by atoms with Crippen molar-refractivity contribution in [2.45, 2.75) is 38.1 Å². The minimum atomic E-state index is -5.72. The minimum absolute atomic E-state index is 0.0243. The lowest BCUT2D eigenvalue weighted by atomic mass is 10.0. The summed E-state index contributed by atoms with van der Waals surface area (Å²) in [6.45, 7) is 2.53. The maximum absolute atomic E-state index is 14.0. The van der Waals surface area contributed by atoms with Crippen molar-refractivity contribution in [1.82, 2.24) is 10.6 Å². The van der Waals surface area contributed by atoms with Gasteiger partial charge in [-0.05, 0) is 36.6 Å². The summed E-state index contributed by atoms with van der Waals surface area (Å²) in [5.41, 5.74) is -3.01. The molecule has 12 heteroatoms. The van der Waals surface area contributed by atoms with Gasteiger partial charge in [0.2, 0.25) is 5.91 Å². The van der Waals surface area contributed by atoms with Gasteiger partial charge in [-0.1, -0.05) is 72.3 Å². The van der Waals surface area contributed by atoms with Crippen LogP contribution in [-0.2, 0) is 32.8 Å². The molecule has 0 aliphatic carbocycles. The molecule has 0 aliphatic heterocycles. The third-order valence-electron chi connectivity index (χ3n) is 5.84. The second kappa shape index (κ2) is 14.0. The zero-order valence-corrected chi connectivity index (χ0v) is 22.7. The zero-order valence-electron chi connectivity index (χ0n) is 21.8. The first kappa shape index (κ1) is 30.7. The fraction of sp³-hybridized carbons (Fsp3) is 0.286. The van der Waals surface area contributed by atoms with Crippen LogP contribution in [0.4, 0.5) is 13.6 Å². The highest BCUT2D eigenvalue weighted by Gasteiger charge is 2.50. The van der Waals surface area contributed by atoms with Crippen molar-refractivity contribution in [2.24, 2.45) is 0 Å². The molecule has 1 atom stereocenters. The number of hydrogen-bond donors (Lipinski definition) is 4. The van der Waals surface area contributed by atoms with Gasteiger partial charge in [-0.3, -0.25) is 9.36 Å². The minimum Gasteiger partial charge on any atom is -0.494 e. The van der Waals surface area contributed by atoms with Gasteiger partial charge in [0.15, 0.2) is 0 Å². The van der Waals surface area contributed by atoms with Gasteiger partial charge in [0.25, 0.3) is 0 Å². The molecule has 0 fully saturated rings. The first-order valence-corrected chi connectivity index (χ1v) is 14.0. The van der Waals surface area contributed by atoms with Crippen molar-refractivity contribution in [3.8, 4) is 5.75 Å². The number of amides is 2. The topological polar surface area (TPSA) is 134 Å². The molecule has 0 aliphatic rings. The van der Waals surface area contributed by atoms with Gasteiger partial charge in [-0.2, -0.15) is 8.78 Å². The highest BCUT2D eigenvalue weighted by molar-refractivity contribution is 7.52. The summed E-state index contributed by atoms with van der Waals surface area (Å²) in [6.07, 6.45) is -0.457. The van der Waals surface area contributed by atoms with E-state index in [0.29, 0.717) is 24.3 Å². The van der Waals surface area contributed by atoms with Crippen molar-refractivity contribution in [2.75, 3.05) is 13.2 Å². The van der Waals surface area contributed by atoms with Crippen LogP contribution in [0.1, 0.15) is 28.7 Å². The quantitative estimate of drug-likeness (QED) is 0.172. The van der Waals surface area contributed by atoms with Crippen LogP contribution in [-0.4, -0.2) is 41.0 Å². The Bertz CT molecular complexity index is 1300. The van der Waals surface area contributed by atoms with Gasteiger partial charge in [0.05, 0.1) is 6.61 Å². The Kier molecular flexibility index (Phi) is 10.8. The molecule has 0 radical (unpaired) electrons. The Morgan fingerprint density at radius 1 is 0.950 bits per heavy atom. The van der Waals surface area contributed by atoms with Crippen LogP contribution < -0.4 is 15.4 Å². The number of carbonyl (C=O) groups is 2. The second-order valence-electron chi connectivity index (χ2n) is 9.05. The summed E-state index contributed by atoms with van der Waals surface area (Å²) >= 11 is 0. The molecule has 0 heterocycles. The molecule has 214 valence electrons. The lowest BCUT2D eigenvalue weighted by Crippen LogP contribution is -2.48. The molecule has 4 N–H and O–H groups in total. The third-order valence-corrected chi connectivity index (χ3v) is 6.83. The molecular weight excluding hydrogens is 545 g/mol. The van der Waals surface area contributed by atoms with Crippen molar-refractivity contribution in [1.29, 1.82) is 0 Å². The fourth-order valence-corrected chi connectivity index (χ4v) is 4.08. The number of halogens is 2. The molecule has 3 aromatic rings. The Labute approximate surface area is 230 Å². The largest absolute Gasteiger partial charge is 0.494 e. The maximum atomic E-state index is 14.0. The van der Waals surface area contributed by atoms with Gasteiger partial charge in [-0.25, -0.2) is 4.79 Å². The van der Waals surface area contributed by atoms with Gasteiger partial charge < -0.3 is 29.9 Å². The molecule has 0 spiro atoms. The average Bonchev–Trinajstić information content (AvgIpc) is 2.92. The number of nitrogens with one attached hydrogen (secondary N) is 2. The Morgan fingerprint density at radius 3 is 2.23 bits per heavy atom. The first-order chi connectivity index (χ1) is 19.0. The summed E-state index contributed by atoms with van der Waals surface area (Å²) in [5, 5.41) is 5.22. The lowest BCUT2D eigenvalue weighted by Gasteiger charge is -2.20. The normalized spacial score (nSPS) is 12.3. The highest BCUT2D eigenvalue weighted by Crippen LogP contribution is 2.59. The number of ether oxygens (including phenoxy) is 2. The van der Waals surface area contributed by atoms with Crippen molar-refractivity contribution < 1.29 is 42.2 Å². The van der Waals surface area contributed by atoms with Gasteiger partial charge in [0, 0.05) is 18.5 Å². The Balaban J connectivity index is 1.61. The van der Waals surface area contributed by atoms with Crippen molar-refractivity contribution in [3.05, 3.63) is 101 Å². The average molecular weight is 577 g/mol. The molecule has 2 amide bonds. The van der Waals surface area contributed by atoms with E-state index in [2.05, 4.69) is 10.6 Å². The summed E-state index contributed by atoms with van der Waals surface area (Å²) < 4.78 is 50.0. The van der Waals surface area contributed by atoms with Gasteiger partial charge in [-0.15, -0.1) is 0 Å². The van der Waals surface area contributed by atoms with Crippen LogP contribution in [0.25, 0.3) is 0 Å². The van der Waals surface area contributed by atoms with Crippen molar-refractivity contribution >= 4 is 19.6 Å². The second-order valence-corrected chi connectivity index (χ2v) is 10.7. The zero-order chi connectivity index (χ0) is 29.2. The molecule has 0 saturated carbocycles.